The number of halogens is 1. The molecule has 2 heterocycles. The first-order valence-electron chi connectivity index (χ1n) is 8.02. The lowest BCUT2D eigenvalue weighted by atomic mass is 9.89. The van der Waals surface area contributed by atoms with Crippen LogP contribution in [0.3, 0.4) is 0 Å². The zero-order valence-electron chi connectivity index (χ0n) is 13.3. The summed E-state index contributed by atoms with van der Waals surface area (Å²) in [5, 5.41) is 2.22. The Labute approximate surface area is 153 Å². The van der Waals surface area contributed by atoms with E-state index in [-0.39, 0.29) is 5.56 Å². The SMILES string of the molecule is CC1CCc2c(sc3nc(SCc4ccccc4Cl)[nH]c(=O)c23)C1. The normalized spacial score (nSPS) is 17.2. The molecule has 0 saturated heterocycles. The molecule has 0 spiro atoms. The third kappa shape index (κ3) is 3.01. The fourth-order valence-corrected chi connectivity index (χ4v) is 5.75. The van der Waals surface area contributed by atoms with Crippen molar-refractivity contribution in [2.24, 2.45) is 5.92 Å². The van der Waals surface area contributed by atoms with Crippen LogP contribution in [0.4, 0.5) is 0 Å². The van der Waals surface area contributed by atoms with E-state index in [1.807, 2.05) is 24.3 Å². The monoisotopic (exact) mass is 376 g/mol. The summed E-state index contributed by atoms with van der Waals surface area (Å²) in [6.07, 6.45) is 3.21. The molecule has 0 fully saturated rings. The molecule has 1 aromatic carbocycles. The molecule has 3 aromatic rings. The molecule has 4 rings (SSSR count). The highest BCUT2D eigenvalue weighted by molar-refractivity contribution is 7.98. The van der Waals surface area contributed by atoms with Crippen LogP contribution >= 0.6 is 34.7 Å². The number of fused-ring (bicyclic) bond motifs is 3. The van der Waals surface area contributed by atoms with E-state index >= 15 is 0 Å². The molecule has 124 valence electrons. The van der Waals surface area contributed by atoms with Crippen molar-refractivity contribution in [3.63, 3.8) is 0 Å². The Hall–Kier alpha value is -1.30. The highest BCUT2D eigenvalue weighted by atomic mass is 35.5. The first-order chi connectivity index (χ1) is 11.6. The van der Waals surface area contributed by atoms with E-state index < -0.39 is 0 Å². The van der Waals surface area contributed by atoms with Gasteiger partial charge in [0.2, 0.25) is 0 Å². The van der Waals surface area contributed by atoms with Crippen molar-refractivity contribution in [2.45, 2.75) is 37.1 Å². The maximum Gasteiger partial charge on any atom is 0.260 e. The number of benzene rings is 1. The number of rotatable bonds is 3. The summed E-state index contributed by atoms with van der Waals surface area (Å²) in [6, 6.07) is 7.76. The van der Waals surface area contributed by atoms with Crippen LogP contribution in [-0.4, -0.2) is 9.97 Å². The molecule has 0 amide bonds. The van der Waals surface area contributed by atoms with Gasteiger partial charge in [0.1, 0.15) is 4.83 Å². The second-order valence-electron chi connectivity index (χ2n) is 6.28. The van der Waals surface area contributed by atoms with E-state index in [9.17, 15) is 4.79 Å². The maximum atomic E-state index is 12.6. The fraction of sp³-hybridized carbons (Fsp3) is 0.333. The van der Waals surface area contributed by atoms with Gasteiger partial charge in [-0.15, -0.1) is 11.3 Å². The Morgan fingerprint density at radius 2 is 2.25 bits per heavy atom. The lowest BCUT2D eigenvalue weighted by Crippen LogP contribution is -2.13. The van der Waals surface area contributed by atoms with Gasteiger partial charge in [0, 0.05) is 15.7 Å². The van der Waals surface area contributed by atoms with Crippen molar-refractivity contribution in [1.29, 1.82) is 0 Å². The molecule has 1 atom stereocenters. The second kappa shape index (κ2) is 6.54. The van der Waals surface area contributed by atoms with Gasteiger partial charge in [0.05, 0.1) is 5.39 Å². The third-order valence-corrected chi connectivity index (χ3v) is 6.91. The Morgan fingerprint density at radius 1 is 1.42 bits per heavy atom. The quantitative estimate of drug-likeness (QED) is 0.513. The van der Waals surface area contributed by atoms with Crippen LogP contribution in [0.25, 0.3) is 10.2 Å². The van der Waals surface area contributed by atoms with Gasteiger partial charge in [-0.3, -0.25) is 4.79 Å². The number of thiophene rings is 1. The molecule has 2 aromatic heterocycles. The summed E-state index contributed by atoms with van der Waals surface area (Å²) in [5.41, 5.74) is 2.27. The van der Waals surface area contributed by atoms with E-state index in [0.29, 0.717) is 16.8 Å². The van der Waals surface area contributed by atoms with Gasteiger partial charge in [-0.05, 0) is 42.4 Å². The average molecular weight is 377 g/mol. The van der Waals surface area contributed by atoms with E-state index in [1.165, 1.54) is 22.2 Å². The molecular formula is C18H17ClN2OS2. The van der Waals surface area contributed by atoms with Crippen LogP contribution in [0, 0.1) is 5.92 Å². The molecule has 3 nitrogen and oxygen atoms in total. The van der Waals surface area contributed by atoms with Crippen LogP contribution < -0.4 is 5.56 Å². The summed E-state index contributed by atoms with van der Waals surface area (Å²) in [7, 11) is 0. The lowest BCUT2D eigenvalue weighted by Gasteiger charge is -2.17. The minimum Gasteiger partial charge on any atom is -0.301 e. The van der Waals surface area contributed by atoms with Crippen LogP contribution in [0.5, 0.6) is 0 Å². The van der Waals surface area contributed by atoms with Gasteiger partial charge >= 0.3 is 0 Å². The van der Waals surface area contributed by atoms with E-state index in [0.717, 1.165) is 40.1 Å². The predicted molar refractivity (Wildman–Crippen MR) is 102 cm³/mol. The first kappa shape index (κ1) is 16.2. The number of hydrogen-bond acceptors (Lipinski definition) is 4. The van der Waals surface area contributed by atoms with Crippen molar-refractivity contribution in [3.05, 3.63) is 55.6 Å². The zero-order chi connectivity index (χ0) is 16.7. The number of aryl methyl sites for hydroxylation is 1. The Morgan fingerprint density at radius 3 is 3.08 bits per heavy atom. The Kier molecular flexibility index (Phi) is 4.41. The van der Waals surface area contributed by atoms with Crippen molar-refractivity contribution in [1.82, 2.24) is 9.97 Å². The summed E-state index contributed by atoms with van der Waals surface area (Å²) < 4.78 is 0. The van der Waals surface area contributed by atoms with E-state index in [4.69, 9.17) is 16.6 Å². The number of thioether (sulfide) groups is 1. The van der Waals surface area contributed by atoms with Crippen LogP contribution in [-0.2, 0) is 18.6 Å². The Bertz CT molecular complexity index is 963. The summed E-state index contributed by atoms with van der Waals surface area (Å²) in [4.78, 5) is 22.4. The van der Waals surface area contributed by atoms with Crippen LogP contribution in [0.15, 0.2) is 34.2 Å². The van der Waals surface area contributed by atoms with Gasteiger partial charge in [-0.25, -0.2) is 4.98 Å². The largest absolute Gasteiger partial charge is 0.301 e. The minimum absolute atomic E-state index is 0.00582. The summed E-state index contributed by atoms with van der Waals surface area (Å²) >= 11 is 9.40. The Balaban J connectivity index is 1.66. The van der Waals surface area contributed by atoms with Crippen LogP contribution in [0.1, 0.15) is 29.3 Å². The molecule has 6 heteroatoms. The number of aromatic amines is 1. The van der Waals surface area contributed by atoms with Crippen molar-refractivity contribution in [3.8, 4) is 0 Å². The molecule has 0 radical (unpaired) electrons. The molecule has 24 heavy (non-hydrogen) atoms. The summed E-state index contributed by atoms with van der Waals surface area (Å²) in [5.74, 6) is 1.38. The first-order valence-corrected chi connectivity index (χ1v) is 10.2. The summed E-state index contributed by atoms with van der Waals surface area (Å²) in [6.45, 7) is 2.27. The number of nitrogens with one attached hydrogen (secondary N) is 1. The fourth-order valence-electron chi connectivity index (χ4n) is 3.16. The smallest absolute Gasteiger partial charge is 0.260 e. The number of H-pyrrole nitrogens is 1. The van der Waals surface area contributed by atoms with Gasteiger partial charge in [-0.1, -0.05) is 48.5 Å². The molecule has 1 unspecified atom stereocenters. The highest BCUT2D eigenvalue weighted by Crippen LogP contribution is 2.36. The minimum atomic E-state index is -0.00582. The molecule has 1 aliphatic rings. The average Bonchev–Trinajstić information content (AvgIpc) is 2.91. The molecule has 0 aliphatic heterocycles. The number of hydrogen-bond donors (Lipinski definition) is 1. The van der Waals surface area contributed by atoms with E-state index in [1.54, 1.807) is 11.3 Å². The van der Waals surface area contributed by atoms with Gasteiger partial charge in [0.15, 0.2) is 5.16 Å². The predicted octanol–water partition coefficient (Wildman–Crippen LogP) is 5.06. The maximum absolute atomic E-state index is 12.6. The van der Waals surface area contributed by atoms with Gasteiger partial charge in [0.25, 0.3) is 5.56 Å². The molecular weight excluding hydrogens is 360 g/mol. The van der Waals surface area contributed by atoms with Crippen LogP contribution in [0.2, 0.25) is 5.02 Å². The van der Waals surface area contributed by atoms with Crippen molar-refractivity contribution >= 4 is 44.9 Å². The topological polar surface area (TPSA) is 45.8 Å². The number of nitrogens with zero attached hydrogens (tertiary/aromatic N) is 1. The van der Waals surface area contributed by atoms with Gasteiger partial charge < -0.3 is 4.98 Å². The van der Waals surface area contributed by atoms with E-state index in [2.05, 4.69) is 11.9 Å². The molecule has 0 saturated carbocycles. The lowest BCUT2D eigenvalue weighted by molar-refractivity contribution is 0.509. The highest BCUT2D eigenvalue weighted by Gasteiger charge is 2.23. The molecule has 0 bridgehead atoms. The third-order valence-electron chi connectivity index (χ3n) is 4.47. The van der Waals surface area contributed by atoms with Crippen molar-refractivity contribution < 1.29 is 0 Å². The molecule has 1 N–H and O–H groups in total. The molecule has 1 aliphatic carbocycles. The van der Waals surface area contributed by atoms with Crippen molar-refractivity contribution in [2.75, 3.05) is 0 Å². The number of aromatic nitrogens is 2. The standard InChI is InChI=1S/C18H17ClN2OS2/c1-10-6-7-12-14(8-10)24-17-15(12)16(22)20-18(21-17)23-9-11-4-2-3-5-13(11)19/h2-5,10H,6-9H2,1H3,(H,20,21,22). The second-order valence-corrected chi connectivity index (χ2v) is 8.74. The van der Waals surface area contributed by atoms with Gasteiger partial charge in [-0.2, -0.15) is 0 Å². The zero-order valence-corrected chi connectivity index (χ0v) is 15.7.